The minimum atomic E-state index is -0.282. The van der Waals surface area contributed by atoms with Crippen molar-refractivity contribution >= 4 is 23.3 Å². The zero-order chi connectivity index (χ0) is 20.2. The van der Waals surface area contributed by atoms with Crippen molar-refractivity contribution < 1.29 is 14.3 Å². The summed E-state index contributed by atoms with van der Waals surface area (Å²) in [4.78, 5) is 33.0. The SMILES string of the molecule is COc1ccc(-c2nc(SCC(=O)NC[C@H]3CCCO3)n3[nH]c(=O)cc3n2)cc1. The standard InChI is InChI=1S/C19H21N5O4S/c1-27-13-6-4-12(5-7-13)18-21-15-9-16(25)23-24(15)19(22-18)29-11-17(26)20-10-14-3-2-8-28-14/h4-7,9,14H,2-3,8,10-11H2,1H3,(H,20,26)(H,23,25)/t14-/m1/s1. The van der Waals surface area contributed by atoms with Gasteiger partial charge in [0.15, 0.2) is 16.6 Å². The minimum absolute atomic E-state index is 0.0946. The average molecular weight is 415 g/mol. The van der Waals surface area contributed by atoms with Crippen LogP contribution in [0.3, 0.4) is 0 Å². The maximum absolute atomic E-state index is 12.2. The first-order valence-corrected chi connectivity index (χ1v) is 10.3. The number of aromatic nitrogens is 4. The van der Waals surface area contributed by atoms with Crippen LogP contribution in [0.25, 0.3) is 17.0 Å². The first-order chi connectivity index (χ1) is 14.1. The largest absolute Gasteiger partial charge is 0.497 e. The molecule has 1 aliphatic heterocycles. The van der Waals surface area contributed by atoms with Crippen LogP contribution in [0, 0.1) is 0 Å². The Kier molecular flexibility index (Phi) is 5.81. The van der Waals surface area contributed by atoms with Gasteiger partial charge >= 0.3 is 0 Å². The van der Waals surface area contributed by atoms with Crippen LogP contribution in [0.5, 0.6) is 5.75 Å². The molecule has 3 aromatic rings. The van der Waals surface area contributed by atoms with Crippen LogP contribution < -0.4 is 15.6 Å². The monoisotopic (exact) mass is 415 g/mol. The van der Waals surface area contributed by atoms with Gasteiger partial charge in [0.2, 0.25) is 5.91 Å². The summed E-state index contributed by atoms with van der Waals surface area (Å²) < 4.78 is 12.2. The Morgan fingerprint density at radius 2 is 2.21 bits per heavy atom. The molecule has 0 aliphatic carbocycles. The molecule has 29 heavy (non-hydrogen) atoms. The summed E-state index contributed by atoms with van der Waals surface area (Å²) in [6.45, 7) is 1.26. The number of nitrogens with zero attached hydrogens (tertiary/aromatic N) is 3. The highest BCUT2D eigenvalue weighted by atomic mass is 32.2. The molecular weight excluding hydrogens is 394 g/mol. The Morgan fingerprint density at radius 1 is 1.38 bits per heavy atom. The summed E-state index contributed by atoms with van der Waals surface area (Å²) in [6, 6.07) is 8.72. The van der Waals surface area contributed by atoms with Crippen molar-refractivity contribution in [2.45, 2.75) is 24.1 Å². The van der Waals surface area contributed by atoms with E-state index in [9.17, 15) is 9.59 Å². The molecular formula is C19H21N5O4S. The Hall–Kier alpha value is -2.85. The Morgan fingerprint density at radius 3 is 2.93 bits per heavy atom. The van der Waals surface area contributed by atoms with Gasteiger partial charge in [-0.3, -0.25) is 14.7 Å². The molecule has 1 saturated heterocycles. The number of rotatable bonds is 7. The molecule has 1 fully saturated rings. The van der Waals surface area contributed by atoms with Crippen molar-refractivity contribution in [2.24, 2.45) is 0 Å². The van der Waals surface area contributed by atoms with Crippen LogP contribution >= 0.6 is 11.8 Å². The molecule has 9 nitrogen and oxygen atoms in total. The molecule has 1 aliphatic rings. The smallest absolute Gasteiger partial charge is 0.266 e. The first kappa shape index (κ1) is 19.5. The molecule has 0 radical (unpaired) electrons. The van der Waals surface area contributed by atoms with E-state index in [0.717, 1.165) is 30.8 Å². The van der Waals surface area contributed by atoms with Crippen molar-refractivity contribution in [3.8, 4) is 17.1 Å². The maximum atomic E-state index is 12.2. The zero-order valence-electron chi connectivity index (χ0n) is 15.9. The fourth-order valence-corrected chi connectivity index (χ4v) is 3.85. The Bertz CT molecular complexity index is 1060. The molecule has 0 spiro atoms. The summed E-state index contributed by atoms with van der Waals surface area (Å²) in [6.07, 6.45) is 2.09. The third-order valence-electron chi connectivity index (χ3n) is 4.56. The van der Waals surface area contributed by atoms with Crippen molar-refractivity contribution in [3.63, 3.8) is 0 Å². The predicted molar refractivity (Wildman–Crippen MR) is 108 cm³/mol. The number of thioether (sulfide) groups is 1. The van der Waals surface area contributed by atoms with Gasteiger partial charge < -0.3 is 14.8 Å². The second-order valence-corrected chi connectivity index (χ2v) is 7.54. The van der Waals surface area contributed by atoms with Gasteiger partial charge in [-0.2, -0.15) is 0 Å². The number of hydrogen-bond acceptors (Lipinski definition) is 7. The lowest BCUT2D eigenvalue weighted by Gasteiger charge is -2.11. The molecule has 0 bridgehead atoms. The molecule has 4 rings (SSSR count). The van der Waals surface area contributed by atoms with Crippen molar-refractivity contribution in [1.82, 2.24) is 24.9 Å². The van der Waals surface area contributed by atoms with Crippen LogP contribution in [-0.2, 0) is 9.53 Å². The molecule has 1 atom stereocenters. The topological polar surface area (TPSA) is 111 Å². The van der Waals surface area contributed by atoms with Gasteiger partial charge in [-0.25, -0.2) is 14.5 Å². The molecule has 0 unspecified atom stereocenters. The lowest BCUT2D eigenvalue weighted by Crippen LogP contribution is -2.33. The number of methoxy groups -OCH3 is 1. The van der Waals surface area contributed by atoms with Crippen LogP contribution in [0.15, 0.2) is 40.3 Å². The van der Waals surface area contributed by atoms with E-state index in [1.54, 1.807) is 7.11 Å². The molecule has 152 valence electrons. The number of nitrogens with one attached hydrogen (secondary N) is 2. The second-order valence-electron chi connectivity index (χ2n) is 6.60. The van der Waals surface area contributed by atoms with E-state index in [1.165, 1.54) is 22.3 Å². The quantitative estimate of drug-likeness (QED) is 0.562. The lowest BCUT2D eigenvalue weighted by atomic mass is 10.2. The van der Waals surface area contributed by atoms with E-state index < -0.39 is 0 Å². The molecule has 2 N–H and O–H groups in total. The highest BCUT2D eigenvalue weighted by Crippen LogP contribution is 2.23. The van der Waals surface area contributed by atoms with E-state index in [4.69, 9.17) is 9.47 Å². The van der Waals surface area contributed by atoms with E-state index >= 15 is 0 Å². The third kappa shape index (κ3) is 4.60. The Balaban J connectivity index is 1.52. The molecule has 0 saturated carbocycles. The predicted octanol–water partition coefficient (Wildman–Crippen LogP) is 1.48. The van der Waals surface area contributed by atoms with Crippen LogP contribution in [0.1, 0.15) is 12.8 Å². The van der Waals surface area contributed by atoms with E-state index in [1.807, 2.05) is 24.3 Å². The molecule has 1 aromatic carbocycles. The van der Waals surface area contributed by atoms with Gasteiger partial charge in [-0.15, -0.1) is 0 Å². The van der Waals surface area contributed by atoms with Crippen molar-refractivity contribution in [3.05, 3.63) is 40.7 Å². The Labute approximate surface area is 170 Å². The van der Waals surface area contributed by atoms with E-state index in [0.29, 0.717) is 23.2 Å². The second kappa shape index (κ2) is 8.66. The van der Waals surface area contributed by atoms with Gasteiger partial charge in [0.05, 0.1) is 19.0 Å². The normalized spacial score (nSPS) is 16.2. The number of amides is 1. The zero-order valence-corrected chi connectivity index (χ0v) is 16.7. The highest BCUT2D eigenvalue weighted by molar-refractivity contribution is 7.99. The summed E-state index contributed by atoms with van der Waals surface area (Å²) in [7, 11) is 1.60. The van der Waals surface area contributed by atoms with Gasteiger partial charge in [-0.05, 0) is 37.1 Å². The fraction of sp³-hybridized carbons (Fsp3) is 0.368. The highest BCUT2D eigenvalue weighted by Gasteiger charge is 2.17. The number of carbonyl (C=O) groups is 1. The first-order valence-electron chi connectivity index (χ1n) is 9.28. The third-order valence-corrected chi connectivity index (χ3v) is 5.49. The number of aromatic amines is 1. The van der Waals surface area contributed by atoms with Crippen LogP contribution in [0.2, 0.25) is 0 Å². The van der Waals surface area contributed by atoms with Gasteiger partial charge in [0, 0.05) is 24.8 Å². The van der Waals surface area contributed by atoms with Crippen LogP contribution in [-0.4, -0.2) is 57.6 Å². The number of H-pyrrole nitrogens is 1. The number of hydrogen-bond donors (Lipinski definition) is 2. The van der Waals surface area contributed by atoms with Crippen molar-refractivity contribution in [2.75, 3.05) is 26.0 Å². The number of benzene rings is 1. The van der Waals surface area contributed by atoms with Crippen molar-refractivity contribution in [1.29, 1.82) is 0 Å². The number of ether oxygens (including phenoxy) is 2. The maximum Gasteiger partial charge on any atom is 0.266 e. The molecule has 3 heterocycles. The minimum Gasteiger partial charge on any atom is -0.497 e. The fourth-order valence-electron chi connectivity index (χ4n) is 3.06. The lowest BCUT2D eigenvalue weighted by molar-refractivity contribution is -0.119. The van der Waals surface area contributed by atoms with E-state index in [-0.39, 0.29) is 23.3 Å². The summed E-state index contributed by atoms with van der Waals surface area (Å²) in [5.41, 5.74) is 0.945. The average Bonchev–Trinajstić information content (AvgIpc) is 3.39. The molecule has 10 heteroatoms. The van der Waals surface area contributed by atoms with E-state index in [2.05, 4.69) is 20.4 Å². The summed E-state index contributed by atoms with van der Waals surface area (Å²) in [5.74, 6) is 1.25. The van der Waals surface area contributed by atoms with Gasteiger partial charge in [0.25, 0.3) is 5.56 Å². The van der Waals surface area contributed by atoms with Gasteiger partial charge in [-0.1, -0.05) is 11.8 Å². The molecule has 2 aromatic heterocycles. The summed E-state index contributed by atoms with van der Waals surface area (Å²) >= 11 is 1.23. The number of fused-ring (bicyclic) bond motifs is 1. The number of carbonyl (C=O) groups excluding carboxylic acids is 1. The summed E-state index contributed by atoms with van der Waals surface area (Å²) in [5, 5.41) is 6.03. The van der Waals surface area contributed by atoms with Gasteiger partial charge in [0.1, 0.15) is 5.75 Å². The molecule has 1 amide bonds. The van der Waals surface area contributed by atoms with Crippen LogP contribution in [0.4, 0.5) is 0 Å².